The highest BCUT2D eigenvalue weighted by Crippen LogP contribution is 2.04. The fourth-order valence-corrected chi connectivity index (χ4v) is 1.60. The molecule has 0 bridgehead atoms. The van der Waals surface area contributed by atoms with Gasteiger partial charge >= 0.3 is 5.69 Å². The van der Waals surface area contributed by atoms with Crippen molar-refractivity contribution in [1.29, 1.82) is 0 Å². The smallest absolute Gasteiger partial charge is 0.306 e. The zero-order valence-corrected chi connectivity index (χ0v) is 10.8. The van der Waals surface area contributed by atoms with Crippen LogP contribution in [0.4, 0.5) is 10.2 Å². The summed E-state index contributed by atoms with van der Waals surface area (Å²) >= 11 is 0. The van der Waals surface area contributed by atoms with Crippen LogP contribution in [0.3, 0.4) is 0 Å². The van der Waals surface area contributed by atoms with Crippen molar-refractivity contribution in [2.45, 2.75) is 0 Å². The standard InChI is InChI=1S/C12H11FN4O3/c1-16-6-8(11(19)17(2)12(16)20)10(18)15-9-4-3-7(13)5-14-9/h3-6H,1-2H3,(H,14,15,18). The fraction of sp³-hybridized carbons (Fsp3) is 0.167. The van der Waals surface area contributed by atoms with Gasteiger partial charge in [-0.1, -0.05) is 0 Å². The van der Waals surface area contributed by atoms with Gasteiger partial charge in [-0.15, -0.1) is 0 Å². The van der Waals surface area contributed by atoms with E-state index < -0.39 is 23.0 Å². The van der Waals surface area contributed by atoms with Gasteiger partial charge in [0.1, 0.15) is 17.2 Å². The molecule has 0 spiro atoms. The van der Waals surface area contributed by atoms with Crippen LogP contribution in [0.1, 0.15) is 10.4 Å². The van der Waals surface area contributed by atoms with Gasteiger partial charge in [-0.05, 0) is 12.1 Å². The first-order valence-electron chi connectivity index (χ1n) is 5.59. The molecule has 0 fully saturated rings. The van der Waals surface area contributed by atoms with Crippen LogP contribution in [-0.4, -0.2) is 20.0 Å². The number of amides is 1. The molecular formula is C12H11FN4O3. The molecule has 0 saturated heterocycles. The van der Waals surface area contributed by atoms with Crippen molar-refractivity contribution in [3.63, 3.8) is 0 Å². The normalized spacial score (nSPS) is 10.3. The first-order chi connectivity index (χ1) is 9.40. The van der Waals surface area contributed by atoms with Crippen molar-refractivity contribution >= 4 is 11.7 Å². The van der Waals surface area contributed by atoms with E-state index in [9.17, 15) is 18.8 Å². The number of aromatic nitrogens is 3. The third-order valence-corrected chi connectivity index (χ3v) is 2.66. The molecule has 0 unspecified atom stereocenters. The molecule has 0 saturated carbocycles. The van der Waals surface area contributed by atoms with Crippen LogP contribution in [-0.2, 0) is 14.1 Å². The zero-order valence-electron chi connectivity index (χ0n) is 10.8. The molecule has 0 atom stereocenters. The highest BCUT2D eigenvalue weighted by atomic mass is 19.1. The zero-order chi connectivity index (χ0) is 14.9. The third-order valence-electron chi connectivity index (χ3n) is 2.66. The van der Waals surface area contributed by atoms with Crippen LogP contribution in [0.25, 0.3) is 0 Å². The maximum Gasteiger partial charge on any atom is 0.330 e. The predicted molar refractivity (Wildman–Crippen MR) is 69.1 cm³/mol. The molecule has 2 aromatic heterocycles. The maximum absolute atomic E-state index is 12.7. The number of carbonyl (C=O) groups is 1. The molecule has 2 rings (SSSR count). The van der Waals surface area contributed by atoms with Crippen LogP contribution in [0.15, 0.2) is 34.1 Å². The Balaban J connectivity index is 2.37. The van der Waals surface area contributed by atoms with Crippen molar-refractivity contribution < 1.29 is 9.18 Å². The minimum atomic E-state index is -0.722. The molecule has 2 heterocycles. The van der Waals surface area contributed by atoms with Gasteiger partial charge in [0.15, 0.2) is 0 Å². The average Bonchev–Trinajstić information content (AvgIpc) is 2.43. The van der Waals surface area contributed by atoms with Gasteiger partial charge in [0.05, 0.1) is 6.20 Å². The van der Waals surface area contributed by atoms with E-state index in [1.807, 2.05) is 0 Å². The average molecular weight is 278 g/mol. The summed E-state index contributed by atoms with van der Waals surface area (Å²) in [5.74, 6) is -1.16. The Morgan fingerprint density at radius 3 is 2.60 bits per heavy atom. The summed E-state index contributed by atoms with van der Waals surface area (Å²) in [5, 5.41) is 2.35. The van der Waals surface area contributed by atoms with E-state index in [-0.39, 0.29) is 11.4 Å². The van der Waals surface area contributed by atoms with Gasteiger partial charge in [0.2, 0.25) is 0 Å². The van der Waals surface area contributed by atoms with E-state index in [1.165, 1.54) is 20.2 Å². The molecule has 104 valence electrons. The van der Waals surface area contributed by atoms with Gasteiger partial charge in [-0.3, -0.25) is 14.2 Å². The van der Waals surface area contributed by atoms with E-state index in [1.54, 1.807) is 0 Å². The molecule has 0 aliphatic heterocycles. The van der Waals surface area contributed by atoms with Crippen molar-refractivity contribution in [2.75, 3.05) is 5.32 Å². The second kappa shape index (κ2) is 5.08. The molecule has 7 nitrogen and oxygen atoms in total. The Morgan fingerprint density at radius 1 is 1.30 bits per heavy atom. The van der Waals surface area contributed by atoms with Crippen LogP contribution in [0.2, 0.25) is 0 Å². The molecule has 8 heteroatoms. The van der Waals surface area contributed by atoms with Crippen LogP contribution < -0.4 is 16.6 Å². The van der Waals surface area contributed by atoms with E-state index in [2.05, 4.69) is 10.3 Å². The quantitative estimate of drug-likeness (QED) is 0.829. The molecule has 2 aromatic rings. The number of halogens is 1. The van der Waals surface area contributed by atoms with Crippen molar-refractivity contribution in [3.05, 3.63) is 56.7 Å². The molecule has 0 aliphatic carbocycles. The molecule has 0 aliphatic rings. The van der Waals surface area contributed by atoms with Crippen LogP contribution in [0.5, 0.6) is 0 Å². The summed E-state index contributed by atoms with van der Waals surface area (Å²) in [6, 6.07) is 2.39. The largest absolute Gasteiger partial charge is 0.330 e. The summed E-state index contributed by atoms with van der Waals surface area (Å²) in [7, 11) is 2.70. The minimum absolute atomic E-state index is 0.104. The minimum Gasteiger partial charge on any atom is -0.306 e. The lowest BCUT2D eigenvalue weighted by Gasteiger charge is -2.07. The Labute approximate surface area is 112 Å². The first-order valence-corrected chi connectivity index (χ1v) is 5.59. The van der Waals surface area contributed by atoms with Gasteiger partial charge in [0.25, 0.3) is 11.5 Å². The molecule has 0 aromatic carbocycles. The molecular weight excluding hydrogens is 267 g/mol. The number of hydrogen-bond donors (Lipinski definition) is 1. The lowest BCUT2D eigenvalue weighted by atomic mass is 10.3. The monoisotopic (exact) mass is 278 g/mol. The molecule has 1 N–H and O–H groups in total. The molecule has 20 heavy (non-hydrogen) atoms. The van der Waals surface area contributed by atoms with Crippen LogP contribution >= 0.6 is 0 Å². The predicted octanol–water partition coefficient (Wildman–Crippen LogP) is -0.130. The lowest BCUT2D eigenvalue weighted by molar-refractivity contribution is 0.102. The Bertz CT molecular complexity index is 777. The number of hydrogen-bond acceptors (Lipinski definition) is 4. The highest BCUT2D eigenvalue weighted by Gasteiger charge is 2.15. The summed E-state index contributed by atoms with van der Waals surface area (Å²) in [6.45, 7) is 0. The van der Waals surface area contributed by atoms with Gasteiger partial charge < -0.3 is 9.88 Å². The van der Waals surface area contributed by atoms with Gasteiger partial charge in [-0.25, -0.2) is 14.2 Å². The van der Waals surface area contributed by atoms with Crippen molar-refractivity contribution in [3.8, 4) is 0 Å². The molecule has 1 amide bonds. The Hall–Kier alpha value is -2.77. The van der Waals surface area contributed by atoms with Crippen molar-refractivity contribution in [2.24, 2.45) is 14.1 Å². The topological polar surface area (TPSA) is 86.0 Å². The SMILES string of the molecule is Cn1cc(C(=O)Nc2ccc(F)cn2)c(=O)n(C)c1=O. The van der Waals surface area contributed by atoms with E-state index >= 15 is 0 Å². The number of rotatable bonds is 2. The summed E-state index contributed by atoms with van der Waals surface area (Å²) in [4.78, 5) is 38.9. The summed E-state index contributed by atoms with van der Waals surface area (Å²) in [6.07, 6.45) is 2.08. The number of aryl methyl sites for hydroxylation is 1. The Kier molecular flexibility index (Phi) is 3.47. The number of carbonyl (C=O) groups excluding carboxylic acids is 1. The lowest BCUT2D eigenvalue weighted by Crippen LogP contribution is -2.40. The van der Waals surface area contributed by atoms with E-state index in [0.717, 1.165) is 27.6 Å². The summed E-state index contributed by atoms with van der Waals surface area (Å²) < 4.78 is 14.6. The van der Waals surface area contributed by atoms with E-state index in [0.29, 0.717) is 0 Å². The first kappa shape index (κ1) is 13.7. The van der Waals surface area contributed by atoms with Crippen molar-refractivity contribution in [1.82, 2.24) is 14.1 Å². The summed E-state index contributed by atoms with van der Waals surface area (Å²) in [5.41, 5.74) is -1.46. The molecule has 0 radical (unpaired) electrons. The fourth-order valence-electron chi connectivity index (χ4n) is 1.60. The van der Waals surface area contributed by atoms with E-state index in [4.69, 9.17) is 0 Å². The van der Waals surface area contributed by atoms with Gasteiger partial charge in [-0.2, -0.15) is 0 Å². The highest BCUT2D eigenvalue weighted by molar-refractivity contribution is 6.03. The number of anilines is 1. The number of nitrogens with one attached hydrogen (secondary N) is 1. The third kappa shape index (κ3) is 2.48. The Morgan fingerprint density at radius 2 is 2.00 bits per heavy atom. The second-order valence-electron chi connectivity index (χ2n) is 4.12. The number of nitrogens with zero attached hydrogens (tertiary/aromatic N) is 3. The number of pyridine rings is 1. The van der Waals surface area contributed by atoms with Crippen LogP contribution in [0, 0.1) is 5.82 Å². The second-order valence-corrected chi connectivity index (χ2v) is 4.12. The van der Waals surface area contributed by atoms with Gasteiger partial charge in [0, 0.05) is 20.3 Å². The maximum atomic E-state index is 12.7.